The third-order valence-corrected chi connectivity index (χ3v) is 6.11. The molecule has 5 rings (SSSR count). The fourth-order valence-electron chi connectivity index (χ4n) is 4.23. The van der Waals surface area contributed by atoms with Gasteiger partial charge in [-0.25, -0.2) is 14.1 Å². The zero-order valence-corrected chi connectivity index (χ0v) is 17.8. The maximum Gasteiger partial charge on any atom is 0.264 e. The van der Waals surface area contributed by atoms with Crippen LogP contribution >= 0.6 is 0 Å². The number of fused-ring (bicyclic) bond motifs is 1. The van der Waals surface area contributed by atoms with Crippen molar-refractivity contribution < 1.29 is 14.3 Å². The number of aliphatic hydroxyl groups is 1. The minimum absolute atomic E-state index is 0.0178. The molecule has 0 spiro atoms. The minimum atomic E-state index is -1.18. The number of likely N-dealkylation sites (tertiary alicyclic amines) is 1. The highest BCUT2D eigenvalue weighted by Crippen LogP contribution is 2.25. The van der Waals surface area contributed by atoms with E-state index in [9.17, 15) is 19.1 Å². The van der Waals surface area contributed by atoms with Gasteiger partial charge in [0.25, 0.3) is 11.5 Å². The van der Waals surface area contributed by atoms with Crippen LogP contribution in [0.15, 0.2) is 71.9 Å². The van der Waals surface area contributed by atoms with Gasteiger partial charge in [0.1, 0.15) is 17.5 Å². The van der Waals surface area contributed by atoms with E-state index in [-0.39, 0.29) is 43.6 Å². The summed E-state index contributed by atoms with van der Waals surface area (Å²) in [5.41, 5.74) is -0.215. The molecule has 2 aromatic heterocycles. The molecule has 3 heterocycles. The summed E-state index contributed by atoms with van der Waals surface area (Å²) < 4.78 is 17.0. The summed E-state index contributed by atoms with van der Waals surface area (Å²) in [4.78, 5) is 31.6. The Morgan fingerprint density at radius 1 is 1.06 bits per heavy atom. The van der Waals surface area contributed by atoms with Crippen molar-refractivity contribution in [3.63, 3.8) is 0 Å². The summed E-state index contributed by atoms with van der Waals surface area (Å²) in [5.74, 6) is -0.964. The number of carbonyl (C=O) groups is 1. The molecular formula is C24H22FN5O3. The molecule has 4 aromatic rings. The molecule has 1 N–H and O–H groups in total. The zero-order chi connectivity index (χ0) is 23.0. The van der Waals surface area contributed by atoms with Crippen molar-refractivity contribution in [2.45, 2.75) is 25.0 Å². The molecule has 0 saturated carbocycles. The number of rotatable bonds is 4. The maximum absolute atomic E-state index is 14.0. The van der Waals surface area contributed by atoms with Gasteiger partial charge in [-0.15, -0.1) is 0 Å². The van der Waals surface area contributed by atoms with Crippen LogP contribution < -0.4 is 5.56 Å². The predicted molar refractivity (Wildman–Crippen MR) is 120 cm³/mol. The molecule has 1 aliphatic heterocycles. The van der Waals surface area contributed by atoms with Crippen molar-refractivity contribution in [3.8, 4) is 5.69 Å². The van der Waals surface area contributed by atoms with Crippen LogP contribution in [0.25, 0.3) is 16.7 Å². The lowest BCUT2D eigenvalue weighted by atomic mass is 9.91. The first-order valence-electron chi connectivity index (χ1n) is 10.7. The first-order valence-corrected chi connectivity index (χ1v) is 10.7. The van der Waals surface area contributed by atoms with Crippen LogP contribution in [-0.2, 0) is 6.54 Å². The van der Waals surface area contributed by atoms with Crippen molar-refractivity contribution >= 4 is 16.9 Å². The van der Waals surface area contributed by atoms with Crippen LogP contribution in [0.3, 0.4) is 0 Å². The third-order valence-electron chi connectivity index (χ3n) is 6.11. The number of aromatic nitrogens is 4. The number of hydrogen-bond acceptors (Lipinski definition) is 5. The van der Waals surface area contributed by atoms with Gasteiger partial charge in [-0.1, -0.05) is 30.3 Å². The molecule has 1 fully saturated rings. The van der Waals surface area contributed by atoms with Gasteiger partial charge in [-0.3, -0.25) is 14.2 Å². The second-order valence-electron chi connectivity index (χ2n) is 8.30. The molecule has 2 aromatic carbocycles. The first-order chi connectivity index (χ1) is 16.0. The Morgan fingerprint density at radius 2 is 1.76 bits per heavy atom. The molecule has 9 heteroatoms. The Balaban J connectivity index is 1.33. The number of halogens is 1. The van der Waals surface area contributed by atoms with Gasteiger partial charge in [0.05, 0.1) is 29.6 Å². The molecule has 1 aliphatic rings. The molecule has 0 unspecified atom stereocenters. The quantitative estimate of drug-likeness (QED) is 0.519. The van der Waals surface area contributed by atoms with E-state index in [1.54, 1.807) is 10.7 Å². The Bertz CT molecular complexity index is 1370. The van der Waals surface area contributed by atoms with E-state index in [0.29, 0.717) is 11.0 Å². The van der Waals surface area contributed by atoms with Crippen LogP contribution in [0.2, 0.25) is 0 Å². The van der Waals surface area contributed by atoms with Gasteiger partial charge >= 0.3 is 0 Å². The molecule has 0 atom stereocenters. The molecule has 1 saturated heterocycles. The van der Waals surface area contributed by atoms with E-state index >= 15 is 0 Å². The third kappa shape index (κ3) is 3.91. The standard InChI is InChI=1S/C24H22FN5O3/c25-20-9-5-4-8-18(20)22(31)28-12-10-24(33,11-13-28)15-29-16-26-21-19(23(29)32)14-27-30(21)17-6-2-1-3-7-17/h1-9,14,16,33H,10-13,15H2. The summed E-state index contributed by atoms with van der Waals surface area (Å²) in [7, 11) is 0. The molecular weight excluding hydrogens is 425 g/mol. The van der Waals surface area contributed by atoms with Gasteiger partial charge in [-0.05, 0) is 37.1 Å². The van der Waals surface area contributed by atoms with E-state index < -0.39 is 17.3 Å². The summed E-state index contributed by atoms with van der Waals surface area (Å²) in [5, 5.41) is 15.8. The smallest absolute Gasteiger partial charge is 0.264 e. The SMILES string of the molecule is O=C(c1ccccc1F)N1CCC(O)(Cn2cnc3c(cnn3-c3ccccc3)c2=O)CC1. The average molecular weight is 447 g/mol. The van der Waals surface area contributed by atoms with Crippen LogP contribution in [0.1, 0.15) is 23.2 Å². The normalized spacial score (nSPS) is 15.6. The lowest BCUT2D eigenvalue weighted by Crippen LogP contribution is -2.49. The van der Waals surface area contributed by atoms with Crippen LogP contribution in [0.5, 0.6) is 0 Å². The fourth-order valence-corrected chi connectivity index (χ4v) is 4.23. The van der Waals surface area contributed by atoms with Crippen LogP contribution in [0, 0.1) is 5.82 Å². The van der Waals surface area contributed by atoms with E-state index in [0.717, 1.165) is 5.69 Å². The highest BCUT2D eigenvalue weighted by atomic mass is 19.1. The molecule has 0 aliphatic carbocycles. The summed E-state index contributed by atoms with van der Waals surface area (Å²) in [6, 6.07) is 15.3. The van der Waals surface area contributed by atoms with Crippen molar-refractivity contribution in [2.75, 3.05) is 13.1 Å². The van der Waals surface area contributed by atoms with E-state index in [1.807, 2.05) is 30.3 Å². The van der Waals surface area contributed by atoms with Crippen molar-refractivity contribution in [2.24, 2.45) is 0 Å². The lowest BCUT2D eigenvalue weighted by Gasteiger charge is -2.38. The predicted octanol–water partition coefficient (Wildman–Crippen LogP) is 2.39. The summed E-state index contributed by atoms with van der Waals surface area (Å²) in [6.45, 7) is 0.576. The highest BCUT2D eigenvalue weighted by Gasteiger charge is 2.35. The first kappa shape index (κ1) is 21.0. The topological polar surface area (TPSA) is 93.2 Å². The number of hydrogen-bond donors (Lipinski definition) is 1. The number of carbonyl (C=O) groups excluding carboxylic acids is 1. The highest BCUT2D eigenvalue weighted by molar-refractivity contribution is 5.94. The van der Waals surface area contributed by atoms with Gasteiger partial charge in [0.15, 0.2) is 5.65 Å². The van der Waals surface area contributed by atoms with Gasteiger partial charge in [-0.2, -0.15) is 5.10 Å². The molecule has 168 valence electrons. The van der Waals surface area contributed by atoms with Crippen molar-refractivity contribution in [1.82, 2.24) is 24.2 Å². The van der Waals surface area contributed by atoms with Gasteiger partial charge in [0.2, 0.25) is 0 Å². The van der Waals surface area contributed by atoms with E-state index in [4.69, 9.17) is 0 Å². The fraction of sp³-hybridized carbons (Fsp3) is 0.250. The lowest BCUT2D eigenvalue weighted by molar-refractivity contribution is -0.0300. The van der Waals surface area contributed by atoms with Gasteiger partial charge < -0.3 is 10.0 Å². The Labute approximate surface area is 188 Å². The maximum atomic E-state index is 14.0. The van der Waals surface area contributed by atoms with Crippen LogP contribution in [0.4, 0.5) is 4.39 Å². The molecule has 1 amide bonds. The molecule has 8 nitrogen and oxygen atoms in total. The van der Waals surface area contributed by atoms with Crippen molar-refractivity contribution in [3.05, 3.63) is 88.9 Å². The second kappa shape index (κ2) is 8.25. The molecule has 0 radical (unpaired) electrons. The number of nitrogens with zero attached hydrogens (tertiary/aromatic N) is 5. The minimum Gasteiger partial charge on any atom is -0.388 e. The zero-order valence-electron chi connectivity index (χ0n) is 17.8. The number of amides is 1. The molecule has 0 bridgehead atoms. The molecule has 33 heavy (non-hydrogen) atoms. The Hall–Kier alpha value is -3.85. The van der Waals surface area contributed by atoms with Crippen molar-refractivity contribution in [1.29, 1.82) is 0 Å². The number of para-hydroxylation sites is 1. The van der Waals surface area contributed by atoms with E-state index in [2.05, 4.69) is 10.1 Å². The van der Waals surface area contributed by atoms with Gasteiger partial charge in [0, 0.05) is 13.1 Å². The Kier molecular flexibility index (Phi) is 5.26. The van der Waals surface area contributed by atoms with Crippen LogP contribution in [-0.4, -0.2) is 53.9 Å². The monoisotopic (exact) mass is 447 g/mol. The summed E-state index contributed by atoms with van der Waals surface area (Å²) >= 11 is 0. The number of benzene rings is 2. The largest absolute Gasteiger partial charge is 0.388 e. The Morgan fingerprint density at radius 3 is 2.48 bits per heavy atom. The number of piperidine rings is 1. The second-order valence-corrected chi connectivity index (χ2v) is 8.30. The summed E-state index contributed by atoms with van der Waals surface area (Å²) in [6.07, 6.45) is 3.43. The van der Waals surface area contributed by atoms with E-state index in [1.165, 1.54) is 40.2 Å². The average Bonchev–Trinajstić information content (AvgIpc) is 3.27.